The Morgan fingerprint density at radius 2 is 1.73 bits per heavy atom. The minimum Gasteiger partial charge on any atom is -0.457 e. The van der Waals surface area contributed by atoms with Crippen molar-refractivity contribution in [1.82, 2.24) is 0 Å². The normalized spacial score (nSPS) is 20.5. The quantitative estimate of drug-likeness (QED) is 0.383. The number of ether oxygens (including phenoxy) is 2. The zero-order valence-corrected chi connectivity index (χ0v) is 15.9. The van der Waals surface area contributed by atoms with Gasteiger partial charge < -0.3 is 9.47 Å². The molecule has 2 atom stereocenters. The van der Waals surface area contributed by atoms with E-state index in [1.165, 1.54) is 0 Å². The number of esters is 1. The van der Waals surface area contributed by atoms with Crippen molar-refractivity contribution >= 4 is 29.2 Å². The van der Waals surface area contributed by atoms with E-state index >= 15 is 0 Å². The lowest BCUT2D eigenvalue weighted by molar-refractivity contribution is -0.149. The van der Waals surface area contributed by atoms with Gasteiger partial charge in [0, 0.05) is 11.0 Å². The van der Waals surface area contributed by atoms with Crippen LogP contribution in [0, 0.1) is 23.7 Å². The van der Waals surface area contributed by atoms with Gasteiger partial charge in [0.1, 0.15) is 15.8 Å². The van der Waals surface area contributed by atoms with E-state index in [-0.39, 0.29) is 0 Å². The molecule has 0 amide bonds. The van der Waals surface area contributed by atoms with Gasteiger partial charge in [-0.1, -0.05) is 50.1 Å². The summed E-state index contributed by atoms with van der Waals surface area (Å²) >= 11 is 12.3. The van der Waals surface area contributed by atoms with Crippen molar-refractivity contribution in [2.45, 2.75) is 24.3 Å². The SMILES string of the molecule is C#CC(OC(=O)C1C(C)(C)C1(Cl)Cl)c1cccc(Oc2ccccc2)c1. The molecule has 26 heavy (non-hydrogen) atoms. The Labute approximate surface area is 163 Å². The molecule has 0 bridgehead atoms. The van der Waals surface area contributed by atoms with Crippen molar-refractivity contribution < 1.29 is 14.3 Å². The highest BCUT2D eigenvalue weighted by Gasteiger charge is 2.74. The lowest BCUT2D eigenvalue weighted by Crippen LogP contribution is -2.15. The molecule has 2 aromatic carbocycles. The van der Waals surface area contributed by atoms with Crippen molar-refractivity contribution in [3.63, 3.8) is 0 Å². The van der Waals surface area contributed by atoms with Gasteiger partial charge in [-0.3, -0.25) is 4.79 Å². The van der Waals surface area contributed by atoms with E-state index in [9.17, 15) is 4.79 Å². The fourth-order valence-corrected chi connectivity index (χ4v) is 3.68. The van der Waals surface area contributed by atoms with Crippen LogP contribution in [-0.4, -0.2) is 10.3 Å². The molecule has 1 aliphatic rings. The maximum atomic E-state index is 12.4. The second-order valence-corrected chi connectivity index (χ2v) is 8.13. The van der Waals surface area contributed by atoms with Crippen LogP contribution >= 0.6 is 23.2 Å². The standard InChI is InChI=1S/C21H18Cl2O3/c1-4-17(26-19(24)18-20(2,3)21(18,22)23)14-9-8-12-16(13-14)25-15-10-6-5-7-11-15/h1,5-13,17-18H,2-3H3. The van der Waals surface area contributed by atoms with Crippen LogP contribution in [0.15, 0.2) is 54.6 Å². The minimum atomic E-state index is -1.14. The highest BCUT2D eigenvalue weighted by molar-refractivity contribution is 6.53. The molecule has 0 spiro atoms. The summed E-state index contributed by atoms with van der Waals surface area (Å²) in [5.41, 5.74) is 0.0902. The van der Waals surface area contributed by atoms with Crippen LogP contribution in [0.1, 0.15) is 25.5 Å². The first kappa shape index (κ1) is 18.6. The molecule has 0 aromatic heterocycles. The summed E-state index contributed by atoms with van der Waals surface area (Å²) in [4.78, 5) is 12.4. The van der Waals surface area contributed by atoms with E-state index in [1.807, 2.05) is 44.2 Å². The lowest BCUT2D eigenvalue weighted by atomic mass is 10.1. The molecule has 0 saturated heterocycles. The monoisotopic (exact) mass is 388 g/mol. The molecular formula is C21H18Cl2O3. The largest absolute Gasteiger partial charge is 0.457 e. The first-order valence-corrected chi connectivity index (χ1v) is 8.90. The van der Waals surface area contributed by atoms with E-state index in [2.05, 4.69) is 5.92 Å². The third-order valence-corrected chi connectivity index (χ3v) is 6.03. The van der Waals surface area contributed by atoms with Gasteiger partial charge in [-0.25, -0.2) is 0 Å². The fraction of sp³-hybridized carbons (Fsp3) is 0.286. The van der Waals surface area contributed by atoms with Crippen LogP contribution in [0.5, 0.6) is 11.5 Å². The van der Waals surface area contributed by atoms with E-state index in [1.54, 1.807) is 24.3 Å². The summed E-state index contributed by atoms with van der Waals surface area (Å²) in [5, 5.41) is 0. The van der Waals surface area contributed by atoms with Gasteiger partial charge in [0.05, 0.1) is 5.92 Å². The van der Waals surface area contributed by atoms with Gasteiger partial charge >= 0.3 is 5.97 Å². The average Bonchev–Trinajstić information content (AvgIpc) is 3.02. The fourth-order valence-electron chi connectivity index (χ4n) is 2.85. The number of carbonyl (C=O) groups excluding carboxylic acids is 1. The summed E-state index contributed by atoms with van der Waals surface area (Å²) in [6.45, 7) is 3.64. The second kappa shape index (κ2) is 6.87. The summed E-state index contributed by atoms with van der Waals surface area (Å²) in [7, 11) is 0. The van der Waals surface area contributed by atoms with Gasteiger partial charge in [0.2, 0.25) is 0 Å². The topological polar surface area (TPSA) is 35.5 Å². The smallest absolute Gasteiger partial charge is 0.314 e. The van der Waals surface area contributed by atoms with Crippen LogP contribution in [0.25, 0.3) is 0 Å². The molecule has 3 nitrogen and oxygen atoms in total. The second-order valence-electron chi connectivity index (χ2n) is 6.75. The number of halogens is 2. The molecule has 0 radical (unpaired) electrons. The molecular weight excluding hydrogens is 371 g/mol. The summed E-state index contributed by atoms with van der Waals surface area (Å²) in [5.74, 6) is 2.68. The number of para-hydroxylation sites is 1. The third kappa shape index (κ3) is 3.40. The first-order valence-electron chi connectivity index (χ1n) is 8.14. The van der Waals surface area contributed by atoms with E-state index < -0.39 is 27.7 Å². The minimum absolute atomic E-state index is 0.502. The highest BCUT2D eigenvalue weighted by Crippen LogP contribution is 2.69. The molecule has 134 valence electrons. The van der Waals surface area contributed by atoms with Crippen molar-refractivity contribution in [2.24, 2.45) is 11.3 Å². The first-order chi connectivity index (χ1) is 12.3. The maximum Gasteiger partial charge on any atom is 0.314 e. The van der Waals surface area contributed by atoms with Crippen LogP contribution in [0.4, 0.5) is 0 Å². The Balaban J connectivity index is 1.74. The number of terminal acetylenes is 1. The maximum absolute atomic E-state index is 12.4. The molecule has 0 aliphatic heterocycles. The molecule has 2 aromatic rings. The van der Waals surface area contributed by atoms with Crippen LogP contribution in [0.2, 0.25) is 0 Å². The molecule has 3 rings (SSSR count). The van der Waals surface area contributed by atoms with Crippen molar-refractivity contribution in [3.05, 3.63) is 60.2 Å². The van der Waals surface area contributed by atoms with Crippen molar-refractivity contribution in [1.29, 1.82) is 0 Å². The molecule has 0 heterocycles. The van der Waals surface area contributed by atoms with Crippen molar-refractivity contribution in [3.8, 4) is 23.8 Å². The Bertz CT molecular complexity index is 839. The number of alkyl halides is 2. The summed E-state index contributed by atoms with van der Waals surface area (Å²) in [6.07, 6.45) is 4.73. The average molecular weight is 389 g/mol. The number of carbonyl (C=O) groups is 1. The predicted octanol–water partition coefficient (Wildman–Crippen LogP) is 5.53. The molecule has 0 N–H and O–H groups in total. The molecule has 1 saturated carbocycles. The number of hydrogen-bond donors (Lipinski definition) is 0. The zero-order valence-electron chi connectivity index (χ0n) is 14.4. The Morgan fingerprint density at radius 3 is 2.31 bits per heavy atom. The van der Waals surface area contributed by atoms with Gasteiger partial charge in [0.25, 0.3) is 0 Å². The third-order valence-electron chi connectivity index (χ3n) is 4.62. The van der Waals surface area contributed by atoms with Gasteiger partial charge in [0.15, 0.2) is 6.10 Å². The van der Waals surface area contributed by atoms with Crippen LogP contribution in [0.3, 0.4) is 0 Å². The number of benzene rings is 2. The number of rotatable bonds is 5. The van der Waals surface area contributed by atoms with Crippen LogP contribution < -0.4 is 4.74 Å². The van der Waals surface area contributed by atoms with Gasteiger partial charge in [-0.2, -0.15) is 0 Å². The Morgan fingerprint density at radius 1 is 1.12 bits per heavy atom. The highest BCUT2D eigenvalue weighted by atomic mass is 35.5. The Hall–Kier alpha value is -2.15. The number of hydrogen-bond acceptors (Lipinski definition) is 3. The summed E-state index contributed by atoms with van der Waals surface area (Å²) < 4.78 is 10.1. The zero-order chi connectivity index (χ0) is 18.9. The van der Waals surface area contributed by atoms with Crippen LogP contribution in [-0.2, 0) is 9.53 Å². The van der Waals surface area contributed by atoms with E-state index in [4.69, 9.17) is 39.1 Å². The predicted molar refractivity (Wildman–Crippen MR) is 102 cm³/mol. The Kier molecular flexibility index (Phi) is 4.92. The van der Waals surface area contributed by atoms with E-state index in [0.29, 0.717) is 17.1 Å². The molecule has 5 heteroatoms. The van der Waals surface area contributed by atoms with E-state index in [0.717, 1.165) is 0 Å². The summed E-state index contributed by atoms with van der Waals surface area (Å²) in [6, 6.07) is 16.5. The van der Waals surface area contributed by atoms with Gasteiger partial charge in [-0.05, 0) is 24.3 Å². The molecule has 2 unspecified atom stereocenters. The molecule has 1 fully saturated rings. The van der Waals surface area contributed by atoms with Gasteiger partial charge in [-0.15, -0.1) is 29.6 Å². The van der Waals surface area contributed by atoms with Crippen molar-refractivity contribution in [2.75, 3.05) is 0 Å². The lowest BCUT2D eigenvalue weighted by Gasteiger charge is -2.14. The molecule has 1 aliphatic carbocycles.